The zero-order chi connectivity index (χ0) is 56.4. The van der Waals surface area contributed by atoms with E-state index in [4.69, 9.17) is 13.8 Å². The van der Waals surface area contributed by atoms with Crippen molar-refractivity contribution in [3.05, 3.63) is 72.9 Å². The maximum absolute atomic E-state index is 13.6. The van der Waals surface area contributed by atoms with Crippen LogP contribution in [0.1, 0.15) is 290 Å². The molecule has 0 aliphatic rings. The maximum atomic E-state index is 13.6. The molecule has 0 radical (unpaired) electrons. The topological polar surface area (TPSA) is 111 Å². The van der Waals surface area contributed by atoms with Gasteiger partial charge in [-0.1, -0.05) is 274 Å². The van der Waals surface area contributed by atoms with E-state index in [0.29, 0.717) is 23.9 Å². The molecular formula is C67H124N2O7P+. The first kappa shape index (κ1) is 74.5. The summed E-state index contributed by atoms with van der Waals surface area (Å²) in [6.45, 7) is 6.91. The summed E-state index contributed by atoms with van der Waals surface area (Å²) < 4.78 is 30.7. The Labute approximate surface area is 476 Å². The summed E-state index contributed by atoms with van der Waals surface area (Å²) in [6.07, 6.45) is 73.2. The number of phosphoric ester groups is 1. The van der Waals surface area contributed by atoms with Crippen LogP contribution in [0, 0.1) is 0 Å². The summed E-state index contributed by atoms with van der Waals surface area (Å²) in [5.74, 6) is -0.505. The molecule has 2 N–H and O–H groups in total. The monoisotopic (exact) mass is 1100 g/mol. The van der Waals surface area contributed by atoms with Crippen LogP contribution in [0.2, 0.25) is 0 Å². The minimum atomic E-state index is -4.45. The number of hydrogen-bond donors (Lipinski definition) is 2. The van der Waals surface area contributed by atoms with Crippen LogP contribution in [0.15, 0.2) is 72.9 Å². The van der Waals surface area contributed by atoms with Gasteiger partial charge in [0.25, 0.3) is 0 Å². The smallest absolute Gasteiger partial charge is 0.456 e. The first-order valence-electron chi connectivity index (χ1n) is 32.3. The van der Waals surface area contributed by atoms with Gasteiger partial charge < -0.3 is 19.4 Å². The zero-order valence-electron chi connectivity index (χ0n) is 51.2. The van der Waals surface area contributed by atoms with Crippen molar-refractivity contribution in [2.75, 3.05) is 40.9 Å². The highest BCUT2D eigenvalue weighted by molar-refractivity contribution is 7.47. The number of quaternary nitrogens is 1. The molecule has 0 aromatic rings. The summed E-state index contributed by atoms with van der Waals surface area (Å²) in [7, 11) is 1.49. The van der Waals surface area contributed by atoms with Crippen molar-refractivity contribution in [2.24, 2.45) is 0 Å². The van der Waals surface area contributed by atoms with Crippen molar-refractivity contribution < 1.29 is 37.3 Å². The molecule has 0 spiro atoms. The highest BCUT2D eigenvalue weighted by Crippen LogP contribution is 2.43. The van der Waals surface area contributed by atoms with E-state index in [2.05, 4.69) is 86.8 Å². The quantitative estimate of drug-likeness (QED) is 0.0205. The number of phosphoric acid groups is 1. The average molecular weight is 1100 g/mol. The van der Waals surface area contributed by atoms with E-state index in [1.165, 1.54) is 154 Å². The number of rotatable bonds is 58. The molecule has 448 valence electrons. The van der Waals surface area contributed by atoms with Gasteiger partial charge in [0.2, 0.25) is 5.91 Å². The van der Waals surface area contributed by atoms with E-state index in [-0.39, 0.29) is 25.1 Å². The average Bonchev–Trinajstić information content (AvgIpc) is 3.39. The van der Waals surface area contributed by atoms with Crippen LogP contribution in [0.4, 0.5) is 0 Å². The first-order chi connectivity index (χ1) is 37.4. The fourth-order valence-corrected chi connectivity index (χ4v) is 9.94. The van der Waals surface area contributed by atoms with E-state index in [1.807, 2.05) is 33.3 Å². The number of esters is 1. The molecule has 3 unspecified atom stereocenters. The third-order valence-electron chi connectivity index (χ3n) is 14.2. The minimum Gasteiger partial charge on any atom is -0.456 e. The number of ether oxygens (including phenoxy) is 1. The Morgan fingerprint density at radius 2 is 0.831 bits per heavy atom. The lowest BCUT2D eigenvalue weighted by atomic mass is 10.0. The van der Waals surface area contributed by atoms with Crippen molar-refractivity contribution in [3.8, 4) is 0 Å². The van der Waals surface area contributed by atoms with Gasteiger partial charge >= 0.3 is 13.8 Å². The van der Waals surface area contributed by atoms with Crippen molar-refractivity contribution in [1.82, 2.24) is 5.32 Å². The molecule has 1 amide bonds. The Kier molecular flexibility index (Phi) is 54.8. The van der Waals surface area contributed by atoms with Gasteiger partial charge in [-0.05, 0) is 76.7 Å². The molecule has 10 heteroatoms. The first-order valence-corrected chi connectivity index (χ1v) is 33.8. The molecular weight excluding hydrogens is 976 g/mol. The second-order valence-corrected chi connectivity index (χ2v) is 24.4. The summed E-state index contributed by atoms with van der Waals surface area (Å²) >= 11 is 0. The summed E-state index contributed by atoms with van der Waals surface area (Å²) in [4.78, 5) is 37.7. The molecule has 0 aromatic carbocycles. The molecule has 0 bridgehead atoms. The number of carbonyl (C=O) groups excluding carboxylic acids is 2. The van der Waals surface area contributed by atoms with Crippen molar-refractivity contribution >= 4 is 19.7 Å². The summed E-state index contributed by atoms with van der Waals surface area (Å²) in [6, 6.07) is -0.852. The number of carbonyl (C=O) groups is 2. The molecule has 3 atom stereocenters. The van der Waals surface area contributed by atoms with Crippen LogP contribution >= 0.6 is 7.82 Å². The lowest BCUT2D eigenvalue weighted by Crippen LogP contribution is -2.47. The largest absolute Gasteiger partial charge is 0.472 e. The van der Waals surface area contributed by atoms with Gasteiger partial charge in [0.15, 0.2) is 0 Å². The number of unbranched alkanes of at least 4 members (excludes halogenated alkanes) is 32. The highest BCUT2D eigenvalue weighted by atomic mass is 31.2. The third kappa shape index (κ3) is 57.9. The van der Waals surface area contributed by atoms with Gasteiger partial charge in [0, 0.05) is 12.8 Å². The van der Waals surface area contributed by atoms with E-state index >= 15 is 0 Å². The molecule has 77 heavy (non-hydrogen) atoms. The van der Waals surface area contributed by atoms with E-state index < -0.39 is 20.0 Å². The minimum absolute atomic E-state index is 0.0382. The van der Waals surface area contributed by atoms with Crippen molar-refractivity contribution in [1.29, 1.82) is 0 Å². The van der Waals surface area contributed by atoms with Crippen molar-refractivity contribution in [3.63, 3.8) is 0 Å². The van der Waals surface area contributed by atoms with Gasteiger partial charge in [0.05, 0.1) is 33.8 Å². The molecule has 0 aromatic heterocycles. The Bertz CT molecular complexity index is 1550. The Morgan fingerprint density at radius 1 is 0.468 bits per heavy atom. The lowest BCUT2D eigenvalue weighted by molar-refractivity contribution is -0.870. The third-order valence-corrected chi connectivity index (χ3v) is 15.1. The van der Waals surface area contributed by atoms with Crippen LogP contribution in [-0.2, 0) is 27.9 Å². The molecule has 0 saturated carbocycles. The molecule has 0 saturated heterocycles. The Balaban J connectivity index is 5.15. The number of allylic oxidation sites excluding steroid dienone is 11. The molecule has 0 rings (SSSR count). The van der Waals surface area contributed by atoms with Gasteiger partial charge in [-0.2, -0.15) is 0 Å². The number of amides is 1. The standard InChI is InChI=1S/C67H123N2O7P/c1-7-10-13-16-19-22-25-28-29-30-31-32-33-34-35-36-37-38-39-42-44-47-50-53-56-59-66(70)68-64(63-75-77(72,73)74-62-61-69(4,5)6)65(58-55-52-49-46-43-40-26-23-20-17-14-11-8-2)76-67(71)60-57-54-51-48-45-41-27-24-21-18-15-12-9-3/h10,13,19,22,28-29,31-32,34-35,55,58,64-65H,7-9,11-12,14-18,20-21,23-27,30,33,36-54,56-57,59-63H2,1-6H3,(H-,68,70,72,73)/p+1/b13-10-,22-19-,29-28-,32-31-,35-34-,58-55-. The van der Waals surface area contributed by atoms with Crippen LogP contribution in [0.25, 0.3) is 0 Å². The Hall–Kier alpha value is -2.55. The van der Waals surface area contributed by atoms with E-state index in [9.17, 15) is 19.0 Å². The predicted molar refractivity (Wildman–Crippen MR) is 332 cm³/mol. The summed E-state index contributed by atoms with van der Waals surface area (Å²) in [5, 5.41) is 3.06. The zero-order valence-corrected chi connectivity index (χ0v) is 52.1. The van der Waals surface area contributed by atoms with Crippen LogP contribution in [-0.4, -0.2) is 74.3 Å². The molecule has 0 aliphatic heterocycles. The molecule has 9 nitrogen and oxygen atoms in total. The van der Waals surface area contributed by atoms with Crippen LogP contribution < -0.4 is 5.32 Å². The van der Waals surface area contributed by atoms with E-state index in [1.54, 1.807) is 0 Å². The number of nitrogens with one attached hydrogen (secondary N) is 1. The Morgan fingerprint density at radius 3 is 1.25 bits per heavy atom. The summed E-state index contributed by atoms with van der Waals surface area (Å²) in [5.41, 5.74) is 0. The number of likely N-dealkylation sites (N-methyl/N-ethyl adjacent to an activating group) is 1. The normalized spacial score (nSPS) is 14.1. The molecule has 0 fully saturated rings. The van der Waals surface area contributed by atoms with E-state index in [0.717, 1.165) is 103 Å². The fourth-order valence-electron chi connectivity index (χ4n) is 9.20. The molecule has 0 aliphatic carbocycles. The fraction of sp³-hybridized carbons (Fsp3) is 0.791. The lowest BCUT2D eigenvalue weighted by Gasteiger charge is -2.27. The van der Waals surface area contributed by atoms with Crippen LogP contribution in [0.5, 0.6) is 0 Å². The van der Waals surface area contributed by atoms with Gasteiger partial charge in [-0.15, -0.1) is 0 Å². The number of hydrogen-bond acceptors (Lipinski definition) is 6. The number of nitrogens with zero attached hydrogens (tertiary/aromatic N) is 1. The van der Waals surface area contributed by atoms with Crippen molar-refractivity contribution in [2.45, 2.75) is 303 Å². The predicted octanol–water partition coefficient (Wildman–Crippen LogP) is 20.0. The second kappa shape index (κ2) is 56.7. The molecule has 0 heterocycles. The second-order valence-electron chi connectivity index (χ2n) is 22.9. The highest BCUT2D eigenvalue weighted by Gasteiger charge is 2.30. The van der Waals surface area contributed by atoms with Crippen LogP contribution in [0.3, 0.4) is 0 Å². The SMILES string of the molecule is CC/C=C\C/C=C\C/C=C\C/C=C\C/C=C\CCCCCCCCCCCC(=O)NC(COP(=O)(O)OCC[N+](C)(C)C)C(/C=C\CCCCCCCCCCCCC)OC(=O)CCCCCCCCCCCCCCC. The maximum Gasteiger partial charge on any atom is 0.472 e. The van der Waals surface area contributed by atoms with Gasteiger partial charge in [0.1, 0.15) is 19.3 Å². The van der Waals surface area contributed by atoms with Gasteiger partial charge in [-0.25, -0.2) is 4.57 Å². The van der Waals surface area contributed by atoms with Gasteiger partial charge in [-0.3, -0.25) is 18.6 Å².